The fourth-order valence-corrected chi connectivity index (χ4v) is 5.25. The van der Waals surface area contributed by atoms with Crippen molar-refractivity contribution in [2.45, 2.75) is 46.3 Å². The molecule has 1 aliphatic carbocycles. The molecule has 25 heavy (non-hydrogen) atoms. The van der Waals surface area contributed by atoms with Crippen LogP contribution < -0.4 is 14.8 Å². The van der Waals surface area contributed by atoms with Gasteiger partial charge in [0, 0.05) is 12.6 Å². The first-order chi connectivity index (χ1) is 11.6. The van der Waals surface area contributed by atoms with Crippen LogP contribution in [0.4, 0.5) is 13.2 Å². The van der Waals surface area contributed by atoms with E-state index < -0.39 is 12.1 Å². The van der Waals surface area contributed by atoms with Crippen molar-refractivity contribution in [1.82, 2.24) is 5.32 Å². The number of fused-ring (bicyclic) bond motifs is 2. The highest BCUT2D eigenvalue weighted by molar-refractivity contribution is 5.47. The normalized spacial score (nSPS) is 33.2. The predicted octanol–water partition coefficient (Wildman–Crippen LogP) is 4.52. The summed E-state index contributed by atoms with van der Waals surface area (Å²) in [6.45, 7) is 10.7. The summed E-state index contributed by atoms with van der Waals surface area (Å²) in [5.74, 6) is 0.221. The topological polar surface area (TPSA) is 30.5 Å². The maximum atomic E-state index is 14.4. The molecule has 2 fully saturated rings. The van der Waals surface area contributed by atoms with Gasteiger partial charge in [0.25, 0.3) is 0 Å². The van der Waals surface area contributed by atoms with E-state index >= 15 is 0 Å². The van der Waals surface area contributed by atoms with Gasteiger partial charge in [0.1, 0.15) is 5.82 Å². The lowest BCUT2D eigenvalue weighted by Gasteiger charge is -2.31. The first-order valence-corrected chi connectivity index (χ1v) is 8.85. The summed E-state index contributed by atoms with van der Waals surface area (Å²) in [7, 11) is 0. The van der Waals surface area contributed by atoms with Crippen LogP contribution in [-0.4, -0.2) is 19.4 Å². The molecule has 138 valence electrons. The average molecular weight is 355 g/mol. The smallest absolute Gasteiger partial charge is 0.395 e. The maximum Gasteiger partial charge on any atom is 0.586 e. The molecule has 1 saturated heterocycles. The molecule has 0 aromatic heterocycles. The van der Waals surface area contributed by atoms with Crippen molar-refractivity contribution in [2.75, 3.05) is 13.1 Å². The quantitative estimate of drug-likeness (QED) is 0.865. The van der Waals surface area contributed by atoms with Gasteiger partial charge in [-0.2, -0.15) is 0 Å². The summed E-state index contributed by atoms with van der Waals surface area (Å²) in [5.41, 5.74) is 0.851. The van der Waals surface area contributed by atoms with Gasteiger partial charge in [-0.15, -0.1) is 8.78 Å². The van der Waals surface area contributed by atoms with E-state index in [0.29, 0.717) is 17.4 Å². The molecule has 0 bridgehead atoms. The van der Waals surface area contributed by atoms with Crippen LogP contribution in [0.5, 0.6) is 11.5 Å². The number of rotatable bonds is 3. The SMILES string of the molecule is CC(CC1C2CNCC21C(C)(C)C)c1cc2c(cc1F)OC(F)(F)O2. The van der Waals surface area contributed by atoms with E-state index in [2.05, 4.69) is 35.6 Å². The molecule has 6 heteroatoms. The molecule has 2 heterocycles. The van der Waals surface area contributed by atoms with E-state index in [1.165, 1.54) is 6.07 Å². The summed E-state index contributed by atoms with van der Waals surface area (Å²) in [6, 6.07) is 2.38. The number of piperidine rings is 1. The monoisotopic (exact) mass is 355 g/mol. The van der Waals surface area contributed by atoms with E-state index in [-0.39, 0.29) is 28.2 Å². The van der Waals surface area contributed by atoms with Crippen LogP contribution in [-0.2, 0) is 0 Å². The van der Waals surface area contributed by atoms with Gasteiger partial charge in [0.05, 0.1) is 0 Å². The Morgan fingerprint density at radius 3 is 2.48 bits per heavy atom. The summed E-state index contributed by atoms with van der Waals surface area (Å²) < 4.78 is 49.6. The molecule has 2 aliphatic heterocycles. The van der Waals surface area contributed by atoms with Gasteiger partial charge in [0.15, 0.2) is 11.5 Å². The van der Waals surface area contributed by atoms with Crippen molar-refractivity contribution in [3.8, 4) is 11.5 Å². The number of hydrogen-bond acceptors (Lipinski definition) is 3. The zero-order valence-corrected chi connectivity index (χ0v) is 15.0. The minimum Gasteiger partial charge on any atom is -0.395 e. The number of halogens is 3. The fourth-order valence-electron chi connectivity index (χ4n) is 5.25. The molecule has 4 atom stereocenters. The molecule has 3 nitrogen and oxygen atoms in total. The Hall–Kier alpha value is -1.43. The molecule has 0 radical (unpaired) electrons. The van der Waals surface area contributed by atoms with Gasteiger partial charge in [-0.1, -0.05) is 27.7 Å². The third-order valence-electron chi connectivity index (χ3n) is 6.54. The standard InChI is InChI=1S/C19H24F3NO2/c1-10(5-12-13-8-23-9-18(12,13)17(2,3)4)11-6-15-16(7-14(11)20)25-19(21,22)24-15/h6-7,10,12-13,23H,5,8-9H2,1-4H3. The van der Waals surface area contributed by atoms with Crippen LogP contribution in [0.25, 0.3) is 0 Å². The van der Waals surface area contributed by atoms with Gasteiger partial charge < -0.3 is 14.8 Å². The Morgan fingerprint density at radius 2 is 1.88 bits per heavy atom. The molecule has 3 aliphatic rings. The van der Waals surface area contributed by atoms with Gasteiger partial charge >= 0.3 is 6.29 Å². The van der Waals surface area contributed by atoms with E-state index in [1.54, 1.807) is 0 Å². The van der Waals surface area contributed by atoms with Crippen molar-refractivity contribution in [2.24, 2.45) is 22.7 Å². The largest absolute Gasteiger partial charge is 0.586 e. The third kappa shape index (κ3) is 2.44. The molecular formula is C19H24F3NO2. The second-order valence-electron chi connectivity index (χ2n) is 8.76. The maximum absolute atomic E-state index is 14.4. The second-order valence-corrected chi connectivity index (χ2v) is 8.76. The van der Waals surface area contributed by atoms with Crippen LogP contribution in [0.2, 0.25) is 0 Å². The molecule has 0 amide bonds. The Labute approximate surface area is 145 Å². The first-order valence-electron chi connectivity index (χ1n) is 8.85. The second kappa shape index (κ2) is 5.06. The predicted molar refractivity (Wildman–Crippen MR) is 87.4 cm³/mol. The van der Waals surface area contributed by atoms with E-state index in [9.17, 15) is 13.2 Å². The lowest BCUT2D eigenvalue weighted by Crippen LogP contribution is -2.31. The van der Waals surface area contributed by atoms with E-state index in [4.69, 9.17) is 0 Å². The molecule has 1 saturated carbocycles. The number of hydrogen-bond donors (Lipinski definition) is 1. The average Bonchev–Trinajstić information content (AvgIpc) is 2.81. The van der Waals surface area contributed by atoms with Gasteiger partial charge in [-0.05, 0) is 53.2 Å². The minimum atomic E-state index is -3.72. The van der Waals surface area contributed by atoms with Crippen molar-refractivity contribution in [3.63, 3.8) is 0 Å². The van der Waals surface area contributed by atoms with Gasteiger partial charge in [0.2, 0.25) is 0 Å². The van der Waals surface area contributed by atoms with Crippen LogP contribution in [0.3, 0.4) is 0 Å². The molecule has 1 aromatic rings. The Morgan fingerprint density at radius 1 is 1.24 bits per heavy atom. The summed E-state index contributed by atoms with van der Waals surface area (Å²) in [5, 5.41) is 3.47. The lowest BCUT2D eigenvalue weighted by atomic mass is 9.74. The van der Waals surface area contributed by atoms with Crippen LogP contribution in [0.15, 0.2) is 12.1 Å². The fraction of sp³-hybridized carbons (Fsp3) is 0.684. The summed E-state index contributed by atoms with van der Waals surface area (Å²) in [6.07, 6.45) is -2.87. The van der Waals surface area contributed by atoms with E-state index in [0.717, 1.165) is 25.6 Å². The van der Waals surface area contributed by atoms with Crippen LogP contribution in [0, 0.1) is 28.5 Å². The Bertz CT molecular complexity index is 715. The molecule has 4 rings (SSSR count). The minimum absolute atomic E-state index is 0.0713. The third-order valence-corrected chi connectivity index (χ3v) is 6.54. The molecule has 1 aromatic carbocycles. The zero-order valence-electron chi connectivity index (χ0n) is 15.0. The Balaban J connectivity index is 1.55. The van der Waals surface area contributed by atoms with Crippen molar-refractivity contribution < 1.29 is 22.6 Å². The Kier molecular flexibility index (Phi) is 3.44. The highest BCUT2D eigenvalue weighted by Gasteiger charge is 2.70. The highest BCUT2D eigenvalue weighted by Crippen LogP contribution is 2.71. The van der Waals surface area contributed by atoms with Gasteiger partial charge in [-0.3, -0.25) is 0 Å². The number of benzene rings is 1. The summed E-state index contributed by atoms with van der Waals surface area (Å²) in [4.78, 5) is 0. The van der Waals surface area contributed by atoms with Gasteiger partial charge in [-0.25, -0.2) is 4.39 Å². The summed E-state index contributed by atoms with van der Waals surface area (Å²) >= 11 is 0. The van der Waals surface area contributed by atoms with Crippen molar-refractivity contribution in [1.29, 1.82) is 0 Å². The molecular weight excluding hydrogens is 331 g/mol. The zero-order chi connectivity index (χ0) is 18.2. The first kappa shape index (κ1) is 17.0. The van der Waals surface area contributed by atoms with Crippen molar-refractivity contribution >= 4 is 0 Å². The van der Waals surface area contributed by atoms with Crippen LogP contribution in [0.1, 0.15) is 45.6 Å². The molecule has 1 N–H and O–H groups in total. The number of ether oxygens (including phenoxy) is 2. The van der Waals surface area contributed by atoms with E-state index in [1.807, 2.05) is 6.92 Å². The lowest BCUT2D eigenvalue weighted by molar-refractivity contribution is -0.286. The van der Waals surface area contributed by atoms with Crippen LogP contribution >= 0.6 is 0 Å². The van der Waals surface area contributed by atoms with Crippen molar-refractivity contribution in [3.05, 3.63) is 23.5 Å². The number of nitrogens with one attached hydrogen (secondary N) is 1. The molecule has 0 spiro atoms. The molecule has 4 unspecified atom stereocenters. The highest BCUT2D eigenvalue weighted by atomic mass is 19.3. The number of alkyl halides is 2.